The monoisotopic (exact) mass is 373 g/mol. The van der Waals surface area contributed by atoms with Gasteiger partial charge in [0.25, 0.3) is 0 Å². The smallest absolute Gasteiger partial charge is 0.300 e. The Morgan fingerprint density at radius 1 is 1.22 bits per heavy atom. The van der Waals surface area contributed by atoms with Gasteiger partial charge in [0.1, 0.15) is 6.04 Å². The van der Waals surface area contributed by atoms with Gasteiger partial charge in [-0.2, -0.15) is 5.26 Å². The number of hydrogen-bond acceptors (Lipinski definition) is 3. The summed E-state index contributed by atoms with van der Waals surface area (Å²) in [5, 5.41) is 11.8. The molecule has 2 aromatic carbocycles. The van der Waals surface area contributed by atoms with E-state index in [1.165, 1.54) is 15.9 Å². The summed E-state index contributed by atoms with van der Waals surface area (Å²) in [5.41, 5.74) is 1.28. The largest absolute Gasteiger partial charge is 0.329 e. The summed E-state index contributed by atoms with van der Waals surface area (Å²) in [7, 11) is 0. The predicted molar refractivity (Wildman–Crippen MR) is 104 cm³/mol. The van der Waals surface area contributed by atoms with E-state index >= 15 is 0 Å². The quantitative estimate of drug-likeness (QED) is 0.607. The van der Waals surface area contributed by atoms with Gasteiger partial charge < -0.3 is 4.90 Å². The minimum Gasteiger partial charge on any atom is -0.300 e. The van der Waals surface area contributed by atoms with Crippen LogP contribution in [0.5, 0.6) is 0 Å². The molecular formula is C20H12ClN5O. The first-order valence-corrected chi connectivity index (χ1v) is 8.52. The highest BCUT2D eigenvalue weighted by Crippen LogP contribution is 2.37. The van der Waals surface area contributed by atoms with Gasteiger partial charge in [-0.15, -0.1) is 0 Å². The maximum Gasteiger partial charge on any atom is 0.329 e. The van der Waals surface area contributed by atoms with E-state index in [9.17, 15) is 10.1 Å². The second-order valence-corrected chi connectivity index (χ2v) is 6.47. The van der Waals surface area contributed by atoms with Crippen LogP contribution in [0, 0.1) is 17.9 Å². The van der Waals surface area contributed by atoms with Crippen molar-refractivity contribution in [2.24, 2.45) is 0 Å². The summed E-state index contributed by atoms with van der Waals surface area (Å²) in [6, 6.07) is 13.5. The molecule has 4 rings (SSSR count). The Balaban J connectivity index is 1.83. The number of benzene rings is 2. The van der Waals surface area contributed by atoms with Gasteiger partial charge in [0.05, 0.1) is 36.8 Å². The minimum absolute atomic E-state index is 0.155. The highest BCUT2D eigenvalue weighted by Gasteiger charge is 2.40. The third kappa shape index (κ3) is 2.73. The maximum atomic E-state index is 13.2. The van der Waals surface area contributed by atoms with Crippen LogP contribution in [-0.2, 0) is 0 Å². The topological polar surface area (TPSA) is 64.6 Å². The fourth-order valence-electron chi connectivity index (χ4n) is 3.27. The van der Waals surface area contributed by atoms with Crippen LogP contribution in [0.1, 0.15) is 0 Å². The van der Waals surface area contributed by atoms with Crippen molar-refractivity contribution in [1.82, 2.24) is 4.98 Å². The number of hydrogen-bond donors (Lipinski definition) is 0. The van der Waals surface area contributed by atoms with Crippen molar-refractivity contribution in [1.29, 1.82) is 5.26 Å². The van der Waals surface area contributed by atoms with Gasteiger partial charge in [-0.1, -0.05) is 35.9 Å². The number of amides is 2. The molecule has 1 aliphatic heterocycles. The zero-order valence-electron chi connectivity index (χ0n) is 14.0. The fourth-order valence-corrected chi connectivity index (χ4v) is 3.44. The fraction of sp³-hybridized carbons (Fsp3) is 0.100. The second kappa shape index (κ2) is 6.60. The standard InChI is InChI=1S/C20H12ClN5O/c1-23-17-8-14(21)6-7-18(17)25-12-15(9-22)26(20(25)27)19-11-24-10-13-4-2-3-5-16(13)19/h2-8,10-11,15H,12H2. The average Bonchev–Trinajstić information content (AvgIpc) is 3.03. The van der Waals surface area contributed by atoms with Crippen molar-refractivity contribution in [2.75, 3.05) is 16.3 Å². The van der Waals surface area contributed by atoms with Crippen molar-refractivity contribution >= 4 is 45.5 Å². The highest BCUT2D eigenvalue weighted by molar-refractivity contribution is 6.31. The molecule has 3 aromatic rings. The van der Waals surface area contributed by atoms with Gasteiger partial charge in [0.2, 0.25) is 5.69 Å². The number of halogens is 1. The number of fused-ring (bicyclic) bond motifs is 1. The Labute approximate surface area is 160 Å². The van der Waals surface area contributed by atoms with Gasteiger partial charge in [-0.05, 0) is 18.2 Å². The van der Waals surface area contributed by atoms with Crippen molar-refractivity contribution in [3.8, 4) is 6.07 Å². The summed E-state index contributed by atoms with van der Waals surface area (Å²) >= 11 is 5.97. The molecule has 1 aromatic heterocycles. The summed E-state index contributed by atoms with van der Waals surface area (Å²) in [6.07, 6.45) is 3.31. The van der Waals surface area contributed by atoms with E-state index in [0.717, 1.165) is 10.8 Å². The molecule has 7 heteroatoms. The molecule has 0 spiro atoms. The summed E-state index contributed by atoms with van der Waals surface area (Å²) in [6.45, 7) is 7.52. The minimum atomic E-state index is -0.695. The van der Waals surface area contributed by atoms with Crippen LogP contribution in [0.2, 0.25) is 5.02 Å². The molecule has 27 heavy (non-hydrogen) atoms. The van der Waals surface area contributed by atoms with E-state index < -0.39 is 6.04 Å². The molecule has 2 heterocycles. The first-order chi connectivity index (χ1) is 13.1. The van der Waals surface area contributed by atoms with Crippen LogP contribution in [-0.4, -0.2) is 23.6 Å². The molecule has 1 atom stereocenters. The van der Waals surface area contributed by atoms with E-state index in [1.54, 1.807) is 24.5 Å². The summed E-state index contributed by atoms with van der Waals surface area (Å²) in [4.78, 5) is 23.8. The number of rotatable bonds is 2. The molecule has 1 aliphatic rings. The van der Waals surface area contributed by atoms with Crippen molar-refractivity contribution in [3.05, 3.63) is 71.3 Å². The Hall–Kier alpha value is -3.61. The lowest BCUT2D eigenvalue weighted by Gasteiger charge is -2.21. The van der Waals surface area contributed by atoms with Crippen molar-refractivity contribution in [3.63, 3.8) is 0 Å². The third-order valence-electron chi connectivity index (χ3n) is 4.51. The normalized spacial score (nSPS) is 16.4. The number of urea groups is 1. The Bertz CT molecular complexity index is 1140. The molecule has 0 aliphatic carbocycles. The Morgan fingerprint density at radius 2 is 2.04 bits per heavy atom. The van der Waals surface area contributed by atoms with Gasteiger partial charge in [0, 0.05) is 22.0 Å². The van der Waals surface area contributed by atoms with Crippen LogP contribution in [0.15, 0.2) is 54.9 Å². The number of nitriles is 1. The number of pyridine rings is 1. The van der Waals surface area contributed by atoms with Crippen molar-refractivity contribution in [2.45, 2.75) is 6.04 Å². The van der Waals surface area contributed by atoms with E-state index in [0.29, 0.717) is 16.4 Å². The van der Waals surface area contributed by atoms with Crippen LogP contribution in [0.4, 0.5) is 21.9 Å². The molecule has 1 fully saturated rings. The SMILES string of the molecule is [C-]#[N+]c1cc(Cl)ccc1N1CC(C#N)N(c2cncc3ccccc23)C1=O. The molecule has 1 saturated heterocycles. The van der Waals surface area contributed by atoms with Gasteiger partial charge >= 0.3 is 6.03 Å². The first-order valence-electron chi connectivity index (χ1n) is 8.14. The molecule has 6 nitrogen and oxygen atoms in total. The number of nitrogens with zero attached hydrogens (tertiary/aromatic N) is 5. The molecule has 130 valence electrons. The molecule has 1 unspecified atom stereocenters. The molecule has 2 amide bonds. The Morgan fingerprint density at radius 3 is 2.81 bits per heavy atom. The van der Waals surface area contributed by atoms with Crippen molar-refractivity contribution < 1.29 is 4.79 Å². The molecular weight excluding hydrogens is 362 g/mol. The Kier molecular flexibility index (Phi) is 4.12. The zero-order valence-corrected chi connectivity index (χ0v) is 14.8. The van der Waals surface area contributed by atoms with Gasteiger partial charge in [-0.25, -0.2) is 9.64 Å². The summed E-state index contributed by atoms with van der Waals surface area (Å²) in [5.74, 6) is 0. The predicted octanol–water partition coefficient (Wildman–Crippen LogP) is 4.78. The van der Waals surface area contributed by atoms with Gasteiger partial charge in [-0.3, -0.25) is 9.88 Å². The van der Waals surface area contributed by atoms with Crippen LogP contribution < -0.4 is 9.80 Å². The molecule has 0 radical (unpaired) electrons. The molecule has 0 N–H and O–H groups in total. The number of aromatic nitrogens is 1. The first kappa shape index (κ1) is 16.8. The van der Waals surface area contributed by atoms with E-state index in [4.69, 9.17) is 18.2 Å². The van der Waals surface area contributed by atoms with Crippen LogP contribution in [0.3, 0.4) is 0 Å². The number of anilines is 2. The lowest BCUT2D eigenvalue weighted by molar-refractivity contribution is 0.255. The van der Waals surface area contributed by atoms with Crippen LogP contribution in [0.25, 0.3) is 15.6 Å². The lowest BCUT2D eigenvalue weighted by atomic mass is 10.1. The van der Waals surface area contributed by atoms with E-state index in [-0.39, 0.29) is 18.3 Å². The average molecular weight is 374 g/mol. The number of carbonyl (C=O) groups excluding carboxylic acids is 1. The van der Waals surface area contributed by atoms with Gasteiger partial charge in [0.15, 0.2) is 0 Å². The van der Waals surface area contributed by atoms with Crippen LogP contribution >= 0.6 is 11.6 Å². The number of carbonyl (C=O) groups is 1. The zero-order chi connectivity index (χ0) is 19.0. The third-order valence-corrected chi connectivity index (χ3v) is 4.74. The van der Waals surface area contributed by atoms with E-state index in [2.05, 4.69) is 15.9 Å². The summed E-state index contributed by atoms with van der Waals surface area (Å²) < 4.78 is 0. The van der Waals surface area contributed by atoms with E-state index in [1.807, 2.05) is 24.3 Å². The lowest BCUT2D eigenvalue weighted by Crippen LogP contribution is -2.34. The molecule has 0 saturated carbocycles. The molecule has 0 bridgehead atoms. The highest BCUT2D eigenvalue weighted by atomic mass is 35.5. The maximum absolute atomic E-state index is 13.2. The second-order valence-electron chi connectivity index (χ2n) is 6.03.